The van der Waals surface area contributed by atoms with E-state index in [1.807, 2.05) is 12.1 Å². The summed E-state index contributed by atoms with van der Waals surface area (Å²) in [6.45, 7) is 6.00. The number of rotatable bonds is 11. The Labute approximate surface area is 178 Å². The molecule has 1 aromatic rings. The van der Waals surface area contributed by atoms with Crippen molar-refractivity contribution in [3.05, 3.63) is 35.4 Å². The number of aliphatic hydroxyl groups excluding tert-OH is 1. The standard InChI is InChI=1S/C23H35N3O4/c1-14(2)22(29)21(8-9-24)26-23(30)20(15(3)27)12-19(28)11-18-10-16-6-4-5-7-17(16)13-25-18/h4-7,14-15,18,20-21,25,27H,8-13,24H2,1-3H3,(H,26,30)/t15?,18-,20-,21-/m0/s1. The number of hydrogen-bond acceptors (Lipinski definition) is 6. The van der Waals surface area contributed by atoms with E-state index in [1.165, 1.54) is 18.1 Å². The van der Waals surface area contributed by atoms with Crippen LogP contribution in [0.1, 0.15) is 51.2 Å². The van der Waals surface area contributed by atoms with E-state index >= 15 is 0 Å². The number of benzene rings is 1. The van der Waals surface area contributed by atoms with E-state index in [-0.39, 0.29) is 36.5 Å². The Hall–Kier alpha value is -2.09. The topological polar surface area (TPSA) is 122 Å². The molecule has 7 heteroatoms. The van der Waals surface area contributed by atoms with Crippen LogP contribution in [-0.2, 0) is 27.3 Å². The number of Topliss-reactive ketones (excluding diaryl/α,β-unsaturated/α-hetero) is 2. The minimum Gasteiger partial charge on any atom is -0.393 e. The van der Waals surface area contributed by atoms with E-state index in [2.05, 4.69) is 22.8 Å². The molecular formula is C23H35N3O4. The van der Waals surface area contributed by atoms with Crippen LogP contribution in [0.4, 0.5) is 0 Å². The summed E-state index contributed by atoms with van der Waals surface area (Å²) in [6.07, 6.45) is 0.321. The molecule has 1 amide bonds. The lowest BCUT2D eigenvalue weighted by atomic mass is 9.89. The number of hydrogen-bond donors (Lipinski definition) is 4. The predicted octanol–water partition coefficient (Wildman–Crippen LogP) is 1.11. The SMILES string of the molecule is CC(C)C(=O)[C@H](CCN)NC(=O)[C@@H](CC(=O)C[C@@H]1Cc2ccccc2CN1)C(C)O. The summed E-state index contributed by atoms with van der Waals surface area (Å²) in [6, 6.07) is 7.45. The van der Waals surface area contributed by atoms with Crippen LogP contribution in [0.2, 0.25) is 0 Å². The average molecular weight is 418 g/mol. The minimum absolute atomic E-state index is 0.0117. The molecule has 0 aliphatic carbocycles. The van der Waals surface area contributed by atoms with Gasteiger partial charge in [0, 0.05) is 31.3 Å². The van der Waals surface area contributed by atoms with Crippen molar-refractivity contribution in [2.45, 2.75) is 71.2 Å². The first-order valence-corrected chi connectivity index (χ1v) is 10.8. The first kappa shape index (κ1) is 24.2. The predicted molar refractivity (Wildman–Crippen MR) is 116 cm³/mol. The Morgan fingerprint density at radius 1 is 1.20 bits per heavy atom. The third kappa shape index (κ3) is 6.72. The summed E-state index contributed by atoms with van der Waals surface area (Å²) in [5.74, 6) is -1.80. The Kier molecular flexibility index (Phi) is 9.14. The molecule has 1 unspecified atom stereocenters. The molecule has 1 aliphatic rings. The molecule has 30 heavy (non-hydrogen) atoms. The summed E-state index contributed by atoms with van der Waals surface area (Å²) >= 11 is 0. The molecule has 0 bridgehead atoms. The van der Waals surface area contributed by atoms with Gasteiger partial charge in [-0.25, -0.2) is 0 Å². The number of amides is 1. The van der Waals surface area contributed by atoms with Gasteiger partial charge in [-0.1, -0.05) is 38.1 Å². The van der Waals surface area contributed by atoms with Crippen LogP contribution in [0.25, 0.3) is 0 Å². The van der Waals surface area contributed by atoms with Gasteiger partial charge in [-0.2, -0.15) is 0 Å². The van der Waals surface area contributed by atoms with E-state index in [0.29, 0.717) is 19.4 Å². The van der Waals surface area contributed by atoms with E-state index in [9.17, 15) is 19.5 Å². The fourth-order valence-electron chi connectivity index (χ4n) is 3.88. The van der Waals surface area contributed by atoms with Crippen LogP contribution in [-0.4, -0.2) is 47.3 Å². The Morgan fingerprint density at radius 2 is 1.87 bits per heavy atom. The van der Waals surface area contributed by atoms with Crippen LogP contribution in [0.3, 0.4) is 0 Å². The van der Waals surface area contributed by atoms with Crippen LogP contribution in [0, 0.1) is 11.8 Å². The zero-order valence-electron chi connectivity index (χ0n) is 18.2. The van der Waals surface area contributed by atoms with Crippen molar-refractivity contribution in [1.29, 1.82) is 0 Å². The largest absolute Gasteiger partial charge is 0.393 e. The van der Waals surface area contributed by atoms with Gasteiger partial charge in [0.15, 0.2) is 5.78 Å². The highest BCUT2D eigenvalue weighted by atomic mass is 16.3. The normalized spacial score (nSPS) is 18.9. The molecule has 1 heterocycles. The quantitative estimate of drug-likeness (QED) is 0.428. The van der Waals surface area contributed by atoms with E-state index in [0.717, 1.165) is 6.42 Å². The maximum Gasteiger partial charge on any atom is 0.226 e. The van der Waals surface area contributed by atoms with Crippen LogP contribution in [0.15, 0.2) is 24.3 Å². The van der Waals surface area contributed by atoms with Gasteiger partial charge in [-0.3, -0.25) is 14.4 Å². The maximum atomic E-state index is 12.8. The second-order valence-electron chi connectivity index (χ2n) is 8.54. The maximum absolute atomic E-state index is 12.8. The summed E-state index contributed by atoms with van der Waals surface area (Å²) in [5, 5.41) is 16.2. The molecule has 4 atom stereocenters. The highest BCUT2D eigenvalue weighted by molar-refractivity contribution is 5.92. The van der Waals surface area contributed by atoms with Gasteiger partial charge in [0.05, 0.1) is 18.1 Å². The van der Waals surface area contributed by atoms with Crippen LogP contribution >= 0.6 is 0 Å². The van der Waals surface area contributed by atoms with Crippen molar-refractivity contribution in [2.75, 3.05) is 6.54 Å². The molecule has 1 aromatic carbocycles. The molecule has 0 saturated carbocycles. The number of nitrogens with two attached hydrogens (primary N) is 1. The second-order valence-corrected chi connectivity index (χ2v) is 8.54. The molecule has 0 saturated heterocycles. The highest BCUT2D eigenvalue weighted by Gasteiger charge is 2.31. The molecule has 7 nitrogen and oxygen atoms in total. The third-order valence-electron chi connectivity index (χ3n) is 5.69. The van der Waals surface area contributed by atoms with Crippen molar-refractivity contribution in [3.8, 4) is 0 Å². The van der Waals surface area contributed by atoms with Gasteiger partial charge in [-0.15, -0.1) is 0 Å². The van der Waals surface area contributed by atoms with Crippen molar-refractivity contribution in [3.63, 3.8) is 0 Å². The fraction of sp³-hybridized carbons (Fsp3) is 0.609. The summed E-state index contributed by atoms with van der Waals surface area (Å²) in [5.41, 5.74) is 8.06. The molecule has 2 rings (SSSR count). The lowest BCUT2D eigenvalue weighted by Crippen LogP contribution is -2.48. The zero-order valence-corrected chi connectivity index (χ0v) is 18.2. The molecule has 1 aliphatic heterocycles. The zero-order chi connectivity index (χ0) is 22.3. The number of carbonyl (C=O) groups excluding carboxylic acids is 3. The number of ketones is 2. The van der Waals surface area contributed by atoms with Crippen LogP contribution in [0.5, 0.6) is 0 Å². The monoisotopic (exact) mass is 417 g/mol. The summed E-state index contributed by atoms with van der Waals surface area (Å²) in [4.78, 5) is 37.8. The van der Waals surface area contributed by atoms with Crippen molar-refractivity contribution < 1.29 is 19.5 Å². The van der Waals surface area contributed by atoms with Gasteiger partial charge in [0.25, 0.3) is 0 Å². The fourth-order valence-corrected chi connectivity index (χ4v) is 3.88. The van der Waals surface area contributed by atoms with Gasteiger partial charge in [0.2, 0.25) is 5.91 Å². The van der Waals surface area contributed by atoms with E-state index < -0.39 is 24.0 Å². The molecule has 166 valence electrons. The van der Waals surface area contributed by atoms with Gasteiger partial charge in [-0.05, 0) is 37.4 Å². The number of fused-ring (bicyclic) bond motifs is 1. The van der Waals surface area contributed by atoms with E-state index in [1.54, 1.807) is 13.8 Å². The van der Waals surface area contributed by atoms with Crippen molar-refractivity contribution in [2.24, 2.45) is 17.6 Å². The Morgan fingerprint density at radius 3 is 2.47 bits per heavy atom. The lowest BCUT2D eigenvalue weighted by molar-refractivity contribution is -0.136. The van der Waals surface area contributed by atoms with Gasteiger partial charge in [0.1, 0.15) is 5.78 Å². The van der Waals surface area contributed by atoms with Crippen LogP contribution < -0.4 is 16.4 Å². The van der Waals surface area contributed by atoms with Gasteiger partial charge < -0.3 is 21.5 Å². The first-order chi connectivity index (χ1) is 14.2. The molecule has 0 fully saturated rings. The summed E-state index contributed by atoms with van der Waals surface area (Å²) in [7, 11) is 0. The van der Waals surface area contributed by atoms with Gasteiger partial charge >= 0.3 is 0 Å². The number of aliphatic hydroxyl groups is 1. The third-order valence-corrected chi connectivity index (χ3v) is 5.69. The first-order valence-electron chi connectivity index (χ1n) is 10.8. The molecule has 0 radical (unpaired) electrons. The highest BCUT2D eigenvalue weighted by Crippen LogP contribution is 2.20. The Bertz CT molecular complexity index is 748. The van der Waals surface area contributed by atoms with Crippen molar-refractivity contribution >= 4 is 17.5 Å². The van der Waals surface area contributed by atoms with Crippen molar-refractivity contribution in [1.82, 2.24) is 10.6 Å². The molecular weight excluding hydrogens is 382 g/mol. The molecule has 5 N–H and O–H groups in total. The molecule has 0 spiro atoms. The Balaban J connectivity index is 1.96. The average Bonchev–Trinajstić information content (AvgIpc) is 2.70. The number of carbonyl (C=O) groups is 3. The molecule has 0 aromatic heterocycles. The van der Waals surface area contributed by atoms with E-state index in [4.69, 9.17) is 5.73 Å². The number of nitrogens with one attached hydrogen (secondary N) is 2. The lowest BCUT2D eigenvalue weighted by Gasteiger charge is -2.27. The minimum atomic E-state index is -0.998. The smallest absolute Gasteiger partial charge is 0.226 e. The second kappa shape index (κ2) is 11.3. The summed E-state index contributed by atoms with van der Waals surface area (Å²) < 4.78 is 0.